The van der Waals surface area contributed by atoms with Crippen LogP contribution in [0.15, 0.2) is 24.3 Å². The number of rotatable bonds is 7. The molecule has 3 rings (SSSR count). The number of benzene rings is 1. The smallest absolute Gasteiger partial charge is 0.317 e. The Kier molecular flexibility index (Phi) is 6.17. The van der Waals surface area contributed by atoms with Gasteiger partial charge in [0.15, 0.2) is 0 Å². The molecule has 1 aromatic carbocycles. The molecule has 2 aliphatic rings. The van der Waals surface area contributed by atoms with Gasteiger partial charge in [0, 0.05) is 25.6 Å². The Balaban J connectivity index is 1.53. The first-order chi connectivity index (χ1) is 12.8. The van der Waals surface area contributed by atoms with Crippen LogP contribution in [0.5, 0.6) is 0 Å². The minimum atomic E-state index is -0.856. The number of amides is 1. The molecule has 6 nitrogen and oxygen atoms in total. The highest BCUT2D eigenvalue weighted by Crippen LogP contribution is 2.48. The van der Waals surface area contributed by atoms with Crippen molar-refractivity contribution in [2.24, 2.45) is 5.92 Å². The van der Waals surface area contributed by atoms with Gasteiger partial charge in [0.25, 0.3) is 0 Å². The van der Waals surface area contributed by atoms with Crippen molar-refractivity contribution in [3.05, 3.63) is 35.4 Å². The predicted octanol–water partition coefficient (Wildman–Crippen LogP) is 2.16. The molecular weight excluding hydrogens is 344 g/mol. The van der Waals surface area contributed by atoms with Crippen LogP contribution in [0.4, 0.5) is 0 Å². The summed E-state index contributed by atoms with van der Waals surface area (Å²) < 4.78 is 5.73. The number of carbonyl (C=O) groups excluding carboxylic acids is 1. The monoisotopic (exact) mass is 374 g/mol. The molecule has 0 radical (unpaired) electrons. The molecule has 1 heterocycles. The summed E-state index contributed by atoms with van der Waals surface area (Å²) in [6.07, 6.45) is 0.787. The quantitative estimate of drug-likeness (QED) is 0.792. The topological polar surface area (TPSA) is 70.1 Å². The number of carboxylic acids is 1. The molecule has 2 fully saturated rings. The molecule has 1 N–H and O–H groups in total. The van der Waals surface area contributed by atoms with Crippen LogP contribution in [0.1, 0.15) is 43.2 Å². The molecule has 3 unspecified atom stereocenters. The van der Waals surface area contributed by atoms with Gasteiger partial charge in [-0.05, 0) is 36.4 Å². The summed E-state index contributed by atoms with van der Waals surface area (Å²) in [6.45, 7) is 6.53. The second-order valence-electron chi connectivity index (χ2n) is 8.14. The average Bonchev–Trinajstić information content (AvgIpc) is 3.41. The van der Waals surface area contributed by atoms with Gasteiger partial charge in [-0.25, -0.2) is 0 Å². The van der Waals surface area contributed by atoms with Crippen LogP contribution < -0.4 is 0 Å². The summed E-state index contributed by atoms with van der Waals surface area (Å²) in [5, 5.41) is 8.87. The molecule has 6 heteroatoms. The largest absolute Gasteiger partial charge is 0.480 e. The van der Waals surface area contributed by atoms with Crippen molar-refractivity contribution in [3.63, 3.8) is 0 Å². The Morgan fingerprint density at radius 3 is 2.63 bits per heavy atom. The molecule has 1 saturated heterocycles. The minimum Gasteiger partial charge on any atom is -0.480 e. The second-order valence-corrected chi connectivity index (χ2v) is 8.14. The summed E-state index contributed by atoms with van der Waals surface area (Å²) in [4.78, 5) is 27.3. The van der Waals surface area contributed by atoms with Gasteiger partial charge in [-0.15, -0.1) is 0 Å². The number of nitrogens with zero attached hydrogens (tertiary/aromatic N) is 2. The third-order valence-electron chi connectivity index (χ3n) is 5.51. The number of morpholine rings is 1. The van der Waals surface area contributed by atoms with E-state index in [1.54, 1.807) is 11.9 Å². The summed E-state index contributed by atoms with van der Waals surface area (Å²) in [5.41, 5.74) is 2.58. The van der Waals surface area contributed by atoms with Crippen LogP contribution in [0.25, 0.3) is 0 Å². The predicted molar refractivity (Wildman–Crippen MR) is 103 cm³/mol. The van der Waals surface area contributed by atoms with Crippen LogP contribution in [-0.4, -0.2) is 72.7 Å². The van der Waals surface area contributed by atoms with Crippen LogP contribution in [0.2, 0.25) is 0 Å². The first-order valence-corrected chi connectivity index (χ1v) is 9.75. The lowest BCUT2D eigenvalue weighted by Gasteiger charge is -2.34. The van der Waals surface area contributed by atoms with Crippen LogP contribution in [-0.2, 0) is 14.3 Å². The lowest BCUT2D eigenvalue weighted by Crippen LogP contribution is -2.50. The third kappa shape index (κ3) is 5.08. The number of hydrogen-bond acceptors (Lipinski definition) is 4. The van der Waals surface area contributed by atoms with E-state index in [-0.39, 0.29) is 24.5 Å². The van der Waals surface area contributed by atoms with Crippen molar-refractivity contribution in [2.75, 3.05) is 39.8 Å². The molecule has 1 saturated carbocycles. The normalized spacial score (nSPS) is 25.1. The van der Waals surface area contributed by atoms with E-state index in [1.165, 1.54) is 11.1 Å². The van der Waals surface area contributed by atoms with Crippen molar-refractivity contribution in [1.29, 1.82) is 0 Å². The van der Waals surface area contributed by atoms with E-state index in [4.69, 9.17) is 9.84 Å². The number of carbonyl (C=O) groups is 2. The fourth-order valence-corrected chi connectivity index (χ4v) is 3.87. The van der Waals surface area contributed by atoms with Gasteiger partial charge >= 0.3 is 5.97 Å². The van der Waals surface area contributed by atoms with Gasteiger partial charge in [-0.3, -0.25) is 14.5 Å². The van der Waals surface area contributed by atoms with Crippen LogP contribution >= 0.6 is 0 Å². The Bertz CT molecular complexity index is 673. The van der Waals surface area contributed by atoms with E-state index in [0.717, 1.165) is 6.42 Å². The molecule has 3 atom stereocenters. The third-order valence-corrected chi connectivity index (χ3v) is 5.51. The van der Waals surface area contributed by atoms with Gasteiger partial charge in [0.05, 0.1) is 19.3 Å². The fraction of sp³-hybridized carbons (Fsp3) is 0.619. The van der Waals surface area contributed by atoms with E-state index < -0.39 is 5.97 Å². The molecule has 0 bridgehead atoms. The zero-order chi connectivity index (χ0) is 19.6. The van der Waals surface area contributed by atoms with Crippen molar-refractivity contribution in [3.8, 4) is 0 Å². The number of carboxylic acid groups (broad SMARTS) is 1. The summed E-state index contributed by atoms with van der Waals surface area (Å²) in [7, 11) is 1.76. The Morgan fingerprint density at radius 1 is 1.30 bits per heavy atom. The van der Waals surface area contributed by atoms with E-state index in [0.29, 0.717) is 38.1 Å². The minimum absolute atomic E-state index is 0.0229. The Hall–Kier alpha value is -1.92. The highest BCUT2D eigenvalue weighted by molar-refractivity contribution is 5.83. The van der Waals surface area contributed by atoms with Crippen molar-refractivity contribution >= 4 is 11.9 Å². The number of hydrogen-bond donors (Lipinski definition) is 1. The van der Waals surface area contributed by atoms with Crippen molar-refractivity contribution in [2.45, 2.75) is 38.2 Å². The Morgan fingerprint density at radius 2 is 2.00 bits per heavy atom. The maximum Gasteiger partial charge on any atom is 0.317 e. The molecule has 1 amide bonds. The Labute approximate surface area is 161 Å². The first-order valence-electron chi connectivity index (χ1n) is 9.75. The van der Waals surface area contributed by atoms with E-state index in [2.05, 4.69) is 38.1 Å². The highest BCUT2D eigenvalue weighted by Gasteiger charge is 2.46. The maximum atomic E-state index is 12.9. The number of likely N-dealkylation sites (N-methyl/N-ethyl adjacent to an activating group) is 1. The zero-order valence-corrected chi connectivity index (χ0v) is 16.4. The van der Waals surface area contributed by atoms with Gasteiger partial charge in [0.1, 0.15) is 0 Å². The zero-order valence-electron chi connectivity index (χ0n) is 16.4. The number of ether oxygens (including phenoxy) is 1. The summed E-state index contributed by atoms with van der Waals surface area (Å²) in [5.74, 6) is 0.271. The summed E-state index contributed by atoms with van der Waals surface area (Å²) in [6, 6.07) is 8.67. The summed E-state index contributed by atoms with van der Waals surface area (Å²) >= 11 is 0. The lowest BCUT2D eigenvalue weighted by atomic mass is 10.00. The molecule has 1 aliphatic carbocycles. The maximum absolute atomic E-state index is 12.9. The van der Waals surface area contributed by atoms with Gasteiger partial charge in [0.2, 0.25) is 5.91 Å². The standard InChI is InChI=1S/C21H30N2O4/c1-14(2)15-4-6-16(7-5-15)18-10-19(18)21(26)23-8-9-27-17(12-23)11-22(3)13-20(24)25/h4-7,14,17-19H,8-13H2,1-3H3,(H,24,25). The van der Waals surface area contributed by atoms with E-state index in [9.17, 15) is 9.59 Å². The molecule has 148 valence electrons. The van der Waals surface area contributed by atoms with Gasteiger partial charge in [-0.2, -0.15) is 0 Å². The second kappa shape index (κ2) is 8.40. The van der Waals surface area contributed by atoms with E-state index in [1.807, 2.05) is 4.90 Å². The van der Waals surface area contributed by atoms with E-state index >= 15 is 0 Å². The van der Waals surface area contributed by atoms with Crippen molar-refractivity contribution < 1.29 is 19.4 Å². The lowest BCUT2D eigenvalue weighted by molar-refractivity contribution is -0.143. The molecule has 0 spiro atoms. The fourth-order valence-electron chi connectivity index (χ4n) is 3.87. The molecule has 0 aromatic heterocycles. The molecular formula is C21H30N2O4. The van der Waals surface area contributed by atoms with Crippen LogP contribution in [0.3, 0.4) is 0 Å². The van der Waals surface area contributed by atoms with Gasteiger partial charge in [-0.1, -0.05) is 38.1 Å². The molecule has 1 aromatic rings. The first kappa shape index (κ1) is 19.8. The van der Waals surface area contributed by atoms with Crippen molar-refractivity contribution in [1.82, 2.24) is 9.80 Å². The van der Waals surface area contributed by atoms with Gasteiger partial charge < -0.3 is 14.7 Å². The van der Waals surface area contributed by atoms with Crippen LogP contribution in [0, 0.1) is 5.92 Å². The SMILES string of the molecule is CC(C)c1ccc(C2CC2C(=O)N2CCOC(CN(C)CC(=O)O)C2)cc1. The molecule has 27 heavy (non-hydrogen) atoms. The highest BCUT2D eigenvalue weighted by atomic mass is 16.5. The molecule has 1 aliphatic heterocycles. The number of aliphatic carboxylic acids is 1. The average molecular weight is 374 g/mol.